The van der Waals surface area contributed by atoms with E-state index in [4.69, 9.17) is 16.3 Å². The van der Waals surface area contributed by atoms with Gasteiger partial charge in [-0.25, -0.2) is 8.42 Å². The first-order valence-electron chi connectivity index (χ1n) is 5.64. The summed E-state index contributed by atoms with van der Waals surface area (Å²) in [6.07, 6.45) is 0.704. The zero-order valence-electron chi connectivity index (χ0n) is 10.3. The van der Waals surface area contributed by atoms with E-state index in [0.717, 1.165) is 0 Å². The highest BCUT2D eigenvalue weighted by molar-refractivity contribution is 7.89. The lowest BCUT2D eigenvalue weighted by Crippen LogP contribution is -2.37. The molecule has 0 aliphatic carbocycles. The Hall–Kier alpha value is -0.630. The number of rotatable bonds is 4. The Bertz CT molecular complexity index is 522. The number of sulfonamides is 1. The Labute approximate surface area is 111 Å². The van der Waals surface area contributed by atoms with E-state index in [9.17, 15) is 8.42 Å². The number of likely N-dealkylation sites (N-methyl/N-ethyl adjacent to an activating group) is 1. The fourth-order valence-electron chi connectivity index (χ4n) is 1.94. The molecule has 0 amide bonds. The van der Waals surface area contributed by atoms with Crippen LogP contribution in [0.2, 0.25) is 0 Å². The number of hydrogen-bond acceptors (Lipinski definition) is 4. The average molecular weight is 294 g/mol. The molecule has 1 aromatic heterocycles. The third kappa shape index (κ3) is 2.27. The SMILES string of the molecule is Cc1[nH]nc(S(=O)(=O)N(C)C2CCOC2)c1CCl. The van der Waals surface area contributed by atoms with Gasteiger partial charge in [0.1, 0.15) is 0 Å². The Kier molecular flexibility index (Phi) is 3.96. The summed E-state index contributed by atoms with van der Waals surface area (Å²) < 4.78 is 31.4. The maximum Gasteiger partial charge on any atom is 0.262 e. The molecule has 1 N–H and O–H groups in total. The van der Waals surface area contributed by atoms with Crippen LogP contribution in [0.3, 0.4) is 0 Å². The minimum atomic E-state index is -3.62. The number of aromatic nitrogens is 2. The number of ether oxygens (including phenoxy) is 1. The third-order valence-corrected chi connectivity index (χ3v) is 5.36. The van der Waals surface area contributed by atoms with Crippen molar-refractivity contribution in [1.29, 1.82) is 0 Å². The van der Waals surface area contributed by atoms with Crippen molar-refractivity contribution in [2.24, 2.45) is 0 Å². The van der Waals surface area contributed by atoms with Crippen molar-refractivity contribution in [3.05, 3.63) is 11.3 Å². The summed E-state index contributed by atoms with van der Waals surface area (Å²) in [6.45, 7) is 2.77. The van der Waals surface area contributed by atoms with Gasteiger partial charge in [0.25, 0.3) is 10.0 Å². The zero-order valence-corrected chi connectivity index (χ0v) is 11.9. The standard InChI is InChI=1S/C10H16ClN3O3S/c1-7-9(5-11)10(13-12-7)18(15,16)14(2)8-3-4-17-6-8/h8H,3-6H2,1-2H3,(H,12,13). The first kappa shape index (κ1) is 13.8. The van der Waals surface area contributed by atoms with Crippen molar-refractivity contribution in [3.63, 3.8) is 0 Å². The molecule has 18 heavy (non-hydrogen) atoms. The normalized spacial score (nSPS) is 20.8. The van der Waals surface area contributed by atoms with Gasteiger partial charge in [-0.2, -0.15) is 9.40 Å². The van der Waals surface area contributed by atoms with Gasteiger partial charge in [-0.05, 0) is 13.3 Å². The van der Waals surface area contributed by atoms with Gasteiger partial charge in [-0.3, -0.25) is 5.10 Å². The summed E-state index contributed by atoms with van der Waals surface area (Å²) in [4.78, 5) is 0. The number of nitrogens with one attached hydrogen (secondary N) is 1. The molecular weight excluding hydrogens is 278 g/mol. The summed E-state index contributed by atoms with van der Waals surface area (Å²) in [5.41, 5.74) is 1.21. The van der Waals surface area contributed by atoms with Crippen LogP contribution in [-0.2, 0) is 20.6 Å². The predicted octanol–water partition coefficient (Wildman–Crippen LogP) is 0.866. The molecular formula is C10H16ClN3O3S. The second kappa shape index (κ2) is 5.16. The highest BCUT2D eigenvalue weighted by atomic mass is 35.5. The summed E-state index contributed by atoms with van der Waals surface area (Å²) in [5.74, 6) is 0.117. The van der Waals surface area contributed by atoms with Gasteiger partial charge in [0.05, 0.1) is 18.5 Å². The van der Waals surface area contributed by atoms with Crippen molar-refractivity contribution < 1.29 is 13.2 Å². The summed E-state index contributed by atoms with van der Waals surface area (Å²) in [6, 6.07) is -0.129. The van der Waals surface area contributed by atoms with Crippen LogP contribution in [0, 0.1) is 6.92 Å². The fourth-order valence-corrected chi connectivity index (χ4v) is 3.88. The van der Waals surface area contributed by atoms with E-state index in [-0.39, 0.29) is 16.9 Å². The lowest BCUT2D eigenvalue weighted by atomic mass is 10.3. The number of halogens is 1. The average Bonchev–Trinajstić information content (AvgIpc) is 2.96. The quantitative estimate of drug-likeness (QED) is 0.836. The molecule has 0 spiro atoms. The Morgan fingerprint density at radius 3 is 2.89 bits per heavy atom. The molecule has 1 saturated heterocycles. The first-order chi connectivity index (χ1) is 8.48. The molecule has 8 heteroatoms. The van der Waals surface area contributed by atoms with Gasteiger partial charge in [0.15, 0.2) is 5.03 Å². The van der Waals surface area contributed by atoms with Crippen molar-refractivity contribution >= 4 is 21.6 Å². The van der Waals surface area contributed by atoms with Crippen molar-refractivity contribution in [2.45, 2.75) is 30.3 Å². The van der Waals surface area contributed by atoms with Crippen molar-refractivity contribution in [2.75, 3.05) is 20.3 Å². The van der Waals surface area contributed by atoms with E-state index in [2.05, 4.69) is 10.2 Å². The zero-order chi connectivity index (χ0) is 13.3. The van der Waals surface area contributed by atoms with Crippen molar-refractivity contribution in [1.82, 2.24) is 14.5 Å². The number of aryl methyl sites for hydroxylation is 1. The largest absolute Gasteiger partial charge is 0.380 e. The molecule has 1 unspecified atom stereocenters. The van der Waals surface area contributed by atoms with Crippen LogP contribution in [0.4, 0.5) is 0 Å². The van der Waals surface area contributed by atoms with Gasteiger partial charge < -0.3 is 4.74 Å². The molecule has 0 aromatic carbocycles. The highest BCUT2D eigenvalue weighted by Crippen LogP contribution is 2.24. The van der Waals surface area contributed by atoms with Gasteiger partial charge in [-0.15, -0.1) is 11.6 Å². The molecule has 1 aliphatic heterocycles. The van der Waals surface area contributed by atoms with Crippen LogP contribution >= 0.6 is 11.6 Å². The van der Waals surface area contributed by atoms with Gasteiger partial charge in [0.2, 0.25) is 0 Å². The van der Waals surface area contributed by atoms with E-state index in [1.165, 1.54) is 4.31 Å². The van der Waals surface area contributed by atoms with E-state index in [0.29, 0.717) is 30.9 Å². The van der Waals surface area contributed by atoms with Crippen LogP contribution in [-0.4, -0.2) is 49.2 Å². The Morgan fingerprint density at radius 1 is 1.61 bits per heavy atom. The molecule has 0 radical (unpaired) electrons. The van der Waals surface area contributed by atoms with Crippen LogP contribution in [0.5, 0.6) is 0 Å². The maximum absolute atomic E-state index is 12.4. The van der Waals surface area contributed by atoms with E-state index in [1.54, 1.807) is 14.0 Å². The number of hydrogen-bond donors (Lipinski definition) is 1. The summed E-state index contributed by atoms with van der Waals surface area (Å²) in [5, 5.41) is 6.56. The molecule has 1 aliphatic rings. The Balaban J connectivity index is 2.35. The molecule has 0 saturated carbocycles. The topological polar surface area (TPSA) is 75.3 Å². The minimum Gasteiger partial charge on any atom is -0.380 e. The lowest BCUT2D eigenvalue weighted by Gasteiger charge is -2.21. The number of nitrogens with zero attached hydrogens (tertiary/aromatic N) is 2. The van der Waals surface area contributed by atoms with E-state index < -0.39 is 10.0 Å². The minimum absolute atomic E-state index is 0.0180. The molecule has 102 valence electrons. The number of alkyl halides is 1. The van der Waals surface area contributed by atoms with Crippen LogP contribution in [0.1, 0.15) is 17.7 Å². The summed E-state index contributed by atoms with van der Waals surface area (Å²) >= 11 is 5.78. The smallest absolute Gasteiger partial charge is 0.262 e. The number of H-pyrrole nitrogens is 1. The molecule has 1 fully saturated rings. The maximum atomic E-state index is 12.4. The van der Waals surface area contributed by atoms with Crippen LogP contribution in [0.25, 0.3) is 0 Å². The monoisotopic (exact) mass is 293 g/mol. The predicted molar refractivity (Wildman–Crippen MR) is 67.1 cm³/mol. The number of aromatic amines is 1. The molecule has 1 aromatic rings. The van der Waals surface area contributed by atoms with E-state index in [1.807, 2.05) is 0 Å². The van der Waals surface area contributed by atoms with Gasteiger partial charge in [-0.1, -0.05) is 0 Å². The lowest BCUT2D eigenvalue weighted by molar-refractivity contribution is 0.180. The highest BCUT2D eigenvalue weighted by Gasteiger charge is 2.34. The van der Waals surface area contributed by atoms with Crippen LogP contribution in [0.15, 0.2) is 5.03 Å². The van der Waals surface area contributed by atoms with Crippen molar-refractivity contribution in [3.8, 4) is 0 Å². The first-order valence-corrected chi connectivity index (χ1v) is 7.61. The summed E-state index contributed by atoms with van der Waals surface area (Å²) in [7, 11) is -2.07. The molecule has 1 atom stereocenters. The third-order valence-electron chi connectivity index (χ3n) is 3.21. The fraction of sp³-hybridized carbons (Fsp3) is 0.700. The molecule has 6 nitrogen and oxygen atoms in total. The molecule has 2 rings (SSSR count). The molecule has 0 bridgehead atoms. The Morgan fingerprint density at radius 2 is 2.33 bits per heavy atom. The van der Waals surface area contributed by atoms with Gasteiger partial charge in [0, 0.05) is 24.9 Å². The molecule has 2 heterocycles. The van der Waals surface area contributed by atoms with Gasteiger partial charge >= 0.3 is 0 Å². The second-order valence-electron chi connectivity index (χ2n) is 4.30. The second-order valence-corrected chi connectivity index (χ2v) is 6.48. The van der Waals surface area contributed by atoms with E-state index >= 15 is 0 Å². The van der Waals surface area contributed by atoms with Crippen LogP contribution < -0.4 is 0 Å².